The quantitative estimate of drug-likeness (QED) is 0.454. The summed E-state index contributed by atoms with van der Waals surface area (Å²) in [6.07, 6.45) is 1.13. The second-order valence-electron chi connectivity index (χ2n) is 5.94. The Morgan fingerprint density at radius 3 is 2.53 bits per heavy atom. The fraction of sp³-hybridized carbons (Fsp3) is 0.0500. The Morgan fingerprint density at radius 2 is 1.90 bits per heavy atom. The van der Waals surface area contributed by atoms with Gasteiger partial charge in [-0.1, -0.05) is 41.4 Å². The first-order valence-electron chi connectivity index (χ1n) is 8.37. The number of thiazole rings is 1. The molecular formula is C20H13Cl2N3O3S2. The number of amides is 1. The van der Waals surface area contributed by atoms with Gasteiger partial charge in [0.15, 0.2) is 10.0 Å². The smallest absolute Gasteiger partial charge is 0.230 e. The molecule has 10 heteroatoms. The summed E-state index contributed by atoms with van der Waals surface area (Å²) in [4.78, 5) is 17.1. The van der Waals surface area contributed by atoms with E-state index >= 15 is 0 Å². The maximum atomic E-state index is 12.9. The lowest BCUT2D eigenvalue weighted by Gasteiger charge is -2.17. The number of sulfone groups is 1. The topological polar surface area (TPSA) is 91.1 Å². The lowest BCUT2D eigenvalue weighted by Crippen LogP contribution is -2.22. The predicted octanol–water partition coefficient (Wildman–Crippen LogP) is 5.47. The van der Waals surface area contributed by atoms with Crippen molar-refractivity contribution >= 4 is 67.2 Å². The minimum Gasteiger partial charge on any atom is -0.274 e. The maximum Gasteiger partial charge on any atom is 0.230 e. The maximum absolute atomic E-state index is 12.9. The van der Waals surface area contributed by atoms with Crippen LogP contribution in [0.4, 0.5) is 10.8 Å². The normalized spacial score (nSPS) is 11.7. The van der Waals surface area contributed by atoms with Gasteiger partial charge in [-0.15, -0.1) is 11.3 Å². The van der Waals surface area contributed by atoms with Crippen molar-refractivity contribution in [3.05, 3.63) is 74.6 Å². The van der Waals surface area contributed by atoms with Gasteiger partial charge in [-0.05, 0) is 36.4 Å². The Labute approximate surface area is 187 Å². The Morgan fingerprint density at radius 1 is 1.20 bits per heavy atom. The number of halogens is 2. The number of allylic oxidation sites excluding steroid dienone is 1. The number of carbonyl (C=O) groups is 1. The third kappa shape index (κ3) is 4.55. The molecule has 0 atom stereocenters. The molecule has 0 fully saturated rings. The van der Waals surface area contributed by atoms with Crippen LogP contribution in [0.3, 0.4) is 0 Å². The number of para-hydroxylation sites is 1. The minimum absolute atomic E-state index is 0.0497. The molecule has 0 aliphatic rings. The molecule has 0 aliphatic carbocycles. The van der Waals surface area contributed by atoms with E-state index in [4.69, 9.17) is 23.2 Å². The molecule has 0 spiro atoms. The van der Waals surface area contributed by atoms with Crippen LogP contribution in [0.1, 0.15) is 12.6 Å². The summed E-state index contributed by atoms with van der Waals surface area (Å²) in [6.45, 7) is 1.40. The van der Waals surface area contributed by atoms with Gasteiger partial charge in [0, 0.05) is 17.3 Å². The zero-order chi connectivity index (χ0) is 21.9. The van der Waals surface area contributed by atoms with Gasteiger partial charge in [0.2, 0.25) is 15.7 Å². The fourth-order valence-electron chi connectivity index (χ4n) is 2.56. The summed E-state index contributed by atoms with van der Waals surface area (Å²) in [5.41, 5.74) is 0.837. The number of hydrogen-bond acceptors (Lipinski definition) is 6. The van der Waals surface area contributed by atoms with E-state index < -0.39 is 14.7 Å². The summed E-state index contributed by atoms with van der Waals surface area (Å²) in [7, 11) is -4.21. The predicted molar refractivity (Wildman–Crippen MR) is 119 cm³/mol. The molecule has 3 aromatic rings. The van der Waals surface area contributed by atoms with Crippen molar-refractivity contribution in [2.75, 3.05) is 4.90 Å². The first-order valence-corrected chi connectivity index (χ1v) is 11.5. The SMILES string of the molecule is CC(=O)N(c1ccccc1)c1nc(C=C(C#N)S(=O)(=O)c2cc(Cl)ccc2Cl)cs1. The van der Waals surface area contributed by atoms with Crippen LogP contribution < -0.4 is 4.90 Å². The van der Waals surface area contributed by atoms with Crippen molar-refractivity contribution in [2.24, 2.45) is 0 Å². The highest BCUT2D eigenvalue weighted by Crippen LogP contribution is 2.32. The van der Waals surface area contributed by atoms with Gasteiger partial charge >= 0.3 is 0 Å². The van der Waals surface area contributed by atoms with Crippen LogP contribution >= 0.6 is 34.5 Å². The zero-order valence-corrected chi connectivity index (χ0v) is 18.6. The van der Waals surface area contributed by atoms with Crippen LogP contribution in [0.5, 0.6) is 0 Å². The van der Waals surface area contributed by atoms with E-state index in [-0.39, 0.29) is 26.5 Å². The van der Waals surface area contributed by atoms with Crippen molar-refractivity contribution < 1.29 is 13.2 Å². The second-order valence-corrected chi connectivity index (χ2v) is 9.51. The molecule has 1 aromatic heterocycles. The lowest BCUT2D eigenvalue weighted by atomic mass is 10.3. The number of anilines is 2. The summed E-state index contributed by atoms with van der Waals surface area (Å²) in [5.74, 6) is -0.259. The Balaban J connectivity index is 2.02. The number of nitriles is 1. The first kappa shape index (κ1) is 22.0. The van der Waals surface area contributed by atoms with Gasteiger partial charge in [-0.2, -0.15) is 5.26 Å². The molecule has 3 rings (SSSR count). The highest BCUT2D eigenvalue weighted by Gasteiger charge is 2.25. The summed E-state index contributed by atoms with van der Waals surface area (Å²) in [5, 5.41) is 11.5. The molecule has 0 unspecified atom stereocenters. The molecule has 1 heterocycles. The van der Waals surface area contributed by atoms with Gasteiger partial charge in [0.1, 0.15) is 6.07 Å². The molecule has 0 saturated heterocycles. The molecule has 6 nitrogen and oxygen atoms in total. The van der Waals surface area contributed by atoms with E-state index in [1.165, 1.54) is 30.0 Å². The molecule has 152 valence electrons. The van der Waals surface area contributed by atoms with Crippen LogP contribution in [0.15, 0.2) is 63.7 Å². The number of nitrogens with zero attached hydrogens (tertiary/aromatic N) is 3. The molecular weight excluding hydrogens is 465 g/mol. The van der Waals surface area contributed by atoms with Crippen LogP contribution in [-0.4, -0.2) is 19.3 Å². The van der Waals surface area contributed by atoms with Crippen LogP contribution in [0.25, 0.3) is 6.08 Å². The number of rotatable bonds is 5. The van der Waals surface area contributed by atoms with Gasteiger partial charge < -0.3 is 0 Å². The van der Waals surface area contributed by atoms with E-state index in [1.807, 2.05) is 6.07 Å². The van der Waals surface area contributed by atoms with Gasteiger partial charge in [0.25, 0.3) is 0 Å². The molecule has 0 N–H and O–H groups in total. The molecule has 30 heavy (non-hydrogen) atoms. The van der Waals surface area contributed by atoms with Crippen molar-refractivity contribution in [3.8, 4) is 6.07 Å². The second kappa shape index (κ2) is 8.98. The van der Waals surface area contributed by atoms with Crippen LogP contribution in [-0.2, 0) is 14.6 Å². The van der Waals surface area contributed by atoms with Crippen LogP contribution in [0, 0.1) is 11.3 Å². The highest BCUT2D eigenvalue weighted by atomic mass is 35.5. The molecule has 0 aliphatic heterocycles. The van der Waals surface area contributed by atoms with E-state index in [1.54, 1.807) is 35.7 Å². The summed E-state index contributed by atoms with van der Waals surface area (Å²) < 4.78 is 25.8. The summed E-state index contributed by atoms with van der Waals surface area (Å²) in [6, 6.07) is 14.6. The largest absolute Gasteiger partial charge is 0.274 e. The number of carbonyl (C=O) groups excluding carboxylic acids is 1. The lowest BCUT2D eigenvalue weighted by molar-refractivity contribution is -0.115. The Kier molecular flexibility index (Phi) is 6.58. The first-order chi connectivity index (χ1) is 14.2. The van der Waals surface area contributed by atoms with E-state index in [0.717, 1.165) is 17.4 Å². The zero-order valence-electron chi connectivity index (χ0n) is 15.4. The van der Waals surface area contributed by atoms with Gasteiger partial charge in [-0.25, -0.2) is 13.4 Å². The van der Waals surface area contributed by atoms with E-state index in [2.05, 4.69) is 4.98 Å². The molecule has 0 radical (unpaired) electrons. The van der Waals surface area contributed by atoms with Gasteiger partial charge in [0.05, 0.1) is 21.3 Å². The molecule has 0 bridgehead atoms. The van der Waals surface area contributed by atoms with Crippen molar-refractivity contribution in [1.82, 2.24) is 4.98 Å². The average molecular weight is 478 g/mol. The number of hydrogen-bond donors (Lipinski definition) is 0. The van der Waals surface area contributed by atoms with Crippen molar-refractivity contribution in [3.63, 3.8) is 0 Å². The molecule has 0 saturated carbocycles. The van der Waals surface area contributed by atoms with Crippen LogP contribution in [0.2, 0.25) is 10.0 Å². The van der Waals surface area contributed by atoms with Crippen molar-refractivity contribution in [2.45, 2.75) is 11.8 Å². The fourth-order valence-corrected chi connectivity index (χ4v) is 5.30. The monoisotopic (exact) mass is 477 g/mol. The number of aromatic nitrogens is 1. The molecule has 2 aromatic carbocycles. The summed E-state index contributed by atoms with van der Waals surface area (Å²) >= 11 is 13.0. The van der Waals surface area contributed by atoms with E-state index in [0.29, 0.717) is 10.8 Å². The highest BCUT2D eigenvalue weighted by molar-refractivity contribution is 7.95. The standard InChI is InChI=1S/C20H13Cl2N3O3S2/c1-13(26)25(16-5-3-2-4-6-16)20-24-15(12-29-20)10-17(11-23)30(27,28)19-9-14(21)7-8-18(19)22/h2-10,12H,1H3. The third-order valence-corrected chi connectivity index (χ3v) is 7.12. The molecule has 1 amide bonds. The van der Waals surface area contributed by atoms with Crippen molar-refractivity contribution in [1.29, 1.82) is 5.26 Å². The van der Waals surface area contributed by atoms with E-state index in [9.17, 15) is 18.5 Å². The average Bonchev–Trinajstić information content (AvgIpc) is 3.16. The minimum atomic E-state index is -4.21. The Hall–Kier alpha value is -2.70. The third-order valence-electron chi connectivity index (χ3n) is 3.89. The number of benzene rings is 2. The van der Waals surface area contributed by atoms with Gasteiger partial charge in [-0.3, -0.25) is 9.69 Å². The Bertz CT molecular complexity index is 1280.